The van der Waals surface area contributed by atoms with Crippen LogP contribution in [0.3, 0.4) is 0 Å². The third-order valence-electron chi connectivity index (χ3n) is 2.59. The average molecular weight is 217 g/mol. The highest BCUT2D eigenvalue weighted by molar-refractivity contribution is 5.54. The van der Waals surface area contributed by atoms with Crippen molar-refractivity contribution in [3.05, 3.63) is 22.9 Å². The molecule has 4 nitrogen and oxygen atoms in total. The largest absolute Gasteiger partial charge is 0.376 e. The lowest BCUT2D eigenvalue weighted by molar-refractivity contribution is 0.109. The molecule has 1 aromatic rings. The number of hydrogen-bond donors (Lipinski definition) is 1. The van der Waals surface area contributed by atoms with Crippen molar-refractivity contribution >= 4 is 5.82 Å². The van der Waals surface area contributed by atoms with Gasteiger partial charge in [-0.2, -0.15) is 5.26 Å². The molecule has 0 atom stereocenters. The van der Waals surface area contributed by atoms with Crippen LogP contribution in [0.1, 0.15) is 30.2 Å². The summed E-state index contributed by atoms with van der Waals surface area (Å²) in [6.07, 6.45) is 1.86. The molecule has 0 saturated carbocycles. The van der Waals surface area contributed by atoms with E-state index in [-0.39, 0.29) is 0 Å². The third-order valence-corrected chi connectivity index (χ3v) is 2.59. The lowest BCUT2D eigenvalue weighted by Crippen LogP contribution is -2.14. The molecule has 4 heteroatoms. The van der Waals surface area contributed by atoms with Gasteiger partial charge in [0.25, 0.3) is 0 Å². The van der Waals surface area contributed by atoms with Crippen molar-refractivity contribution < 1.29 is 4.74 Å². The van der Waals surface area contributed by atoms with Crippen molar-refractivity contribution in [1.29, 1.82) is 5.26 Å². The van der Waals surface area contributed by atoms with E-state index < -0.39 is 0 Å². The number of rotatable bonds is 3. The maximum atomic E-state index is 9.05. The summed E-state index contributed by atoms with van der Waals surface area (Å²) < 4.78 is 5.35. The summed E-state index contributed by atoms with van der Waals surface area (Å²) in [6.45, 7) is 4.23. The zero-order chi connectivity index (χ0) is 11.4. The van der Waals surface area contributed by atoms with Crippen molar-refractivity contribution in [1.82, 2.24) is 4.98 Å². The number of ether oxygens (including phenoxy) is 1. The van der Waals surface area contributed by atoms with Crippen LogP contribution in [-0.4, -0.2) is 18.1 Å². The van der Waals surface area contributed by atoms with Crippen LogP contribution in [0.15, 0.2) is 6.07 Å². The number of anilines is 1. The highest BCUT2D eigenvalue weighted by Crippen LogP contribution is 2.21. The molecule has 0 radical (unpaired) electrons. The Bertz CT molecular complexity index is 423. The molecule has 16 heavy (non-hydrogen) atoms. The minimum Gasteiger partial charge on any atom is -0.376 e. The van der Waals surface area contributed by atoms with Crippen LogP contribution >= 0.6 is 0 Å². The van der Waals surface area contributed by atoms with Gasteiger partial charge in [-0.25, -0.2) is 4.98 Å². The Morgan fingerprint density at radius 2 is 2.50 bits per heavy atom. The highest BCUT2D eigenvalue weighted by atomic mass is 16.5. The van der Waals surface area contributed by atoms with E-state index in [0.29, 0.717) is 18.0 Å². The molecule has 2 rings (SSSR count). The zero-order valence-corrected chi connectivity index (χ0v) is 9.42. The molecule has 1 aliphatic heterocycles. The second-order valence-electron chi connectivity index (χ2n) is 3.83. The maximum Gasteiger partial charge on any atom is 0.144 e. The Kier molecular flexibility index (Phi) is 3.37. The van der Waals surface area contributed by atoms with Crippen LogP contribution in [0.5, 0.6) is 0 Å². The van der Waals surface area contributed by atoms with Gasteiger partial charge in [0.05, 0.1) is 24.5 Å². The molecule has 0 saturated heterocycles. The molecule has 1 aromatic heterocycles. The number of nitrogens with zero attached hydrogens (tertiary/aromatic N) is 2. The lowest BCUT2D eigenvalue weighted by atomic mass is 10.1. The zero-order valence-electron chi connectivity index (χ0n) is 9.42. The maximum absolute atomic E-state index is 9.05. The van der Waals surface area contributed by atoms with Crippen molar-refractivity contribution in [3.63, 3.8) is 0 Å². The molecular weight excluding hydrogens is 202 g/mol. The molecule has 0 bridgehead atoms. The van der Waals surface area contributed by atoms with Gasteiger partial charge in [-0.3, -0.25) is 0 Å². The molecule has 0 spiro atoms. The minimum absolute atomic E-state index is 0.574. The molecule has 0 unspecified atom stereocenters. The van der Waals surface area contributed by atoms with Crippen molar-refractivity contribution in [3.8, 4) is 6.07 Å². The summed E-state index contributed by atoms with van der Waals surface area (Å²) in [4.78, 5) is 4.51. The van der Waals surface area contributed by atoms with Gasteiger partial charge >= 0.3 is 0 Å². The predicted octanol–water partition coefficient (Wildman–Crippen LogP) is 1.85. The normalized spacial score (nSPS) is 14.0. The van der Waals surface area contributed by atoms with Crippen molar-refractivity contribution in [2.24, 2.45) is 0 Å². The SMILES string of the molecule is CCCNc1nc2c(cc1C#N)COCC2. The van der Waals surface area contributed by atoms with Gasteiger partial charge < -0.3 is 10.1 Å². The Hall–Kier alpha value is -1.60. The first-order valence-electron chi connectivity index (χ1n) is 5.59. The van der Waals surface area contributed by atoms with E-state index in [2.05, 4.69) is 23.3 Å². The fraction of sp³-hybridized carbons (Fsp3) is 0.500. The van der Waals surface area contributed by atoms with E-state index in [9.17, 15) is 0 Å². The van der Waals surface area contributed by atoms with Gasteiger partial charge in [-0.15, -0.1) is 0 Å². The summed E-state index contributed by atoms with van der Waals surface area (Å²) in [5.74, 6) is 0.713. The van der Waals surface area contributed by atoms with Crippen LogP contribution in [0.2, 0.25) is 0 Å². The number of fused-ring (bicyclic) bond motifs is 1. The second kappa shape index (κ2) is 4.95. The Morgan fingerprint density at radius 1 is 1.62 bits per heavy atom. The van der Waals surface area contributed by atoms with E-state index in [0.717, 1.165) is 37.3 Å². The predicted molar refractivity (Wildman–Crippen MR) is 61.1 cm³/mol. The fourth-order valence-electron chi connectivity index (χ4n) is 1.75. The van der Waals surface area contributed by atoms with E-state index >= 15 is 0 Å². The summed E-state index contributed by atoms with van der Waals surface area (Å²) in [5, 5.41) is 12.2. The van der Waals surface area contributed by atoms with E-state index in [1.807, 2.05) is 6.07 Å². The van der Waals surface area contributed by atoms with E-state index in [1.165, 1.54) is 0 Å². The minimum atomic E-state index is 0.574. The third kappa shape index (κ3) is 2.15. The monoisotopic (exact) mass is 217 g/mol. The highest BCUT2D eigenvalue weighted by Gasteiger charge is 2.14. The Labute approximate surface area is 95.3 Å². The van der Waals surface area contributed by atoms with Crippen molar-refractivity contribution in [2.45, 2.75) is 26.4 Å². The first kappa shape index (κ1) is 10.9. The number of nitrogens with one attached hydrogen (secondary N) is 1. The number of hydrogen-bond acceptors (Lipinski definition) is 4. The van der Waals surface area contributed by atoms with Crippen LogP contribution < -0.4 is 5.32 Å². The standard InChI is InChI=1S/C12H15N3O/c1-2-4-14-12-9(7-13)6-10-8-16-5-3-11(10)15-12/h6H,2-5,8H2,1H3,(H,14,15). The molecule has 0 aromatic carbocycles. The Morgan fingerprint density at radius 3 is 3.25 bits per heavy atom. The number of nitriles is 1. The van der Waals surface area contributed by atoms with Gasteiger partial charge in [0.1, 0.15) is 11.9 Å². The van der Waals surface area contributed by atoms with Gasteiger partial charge in [-0.1, -0.05) is 6.92 Å². The van der Waals surface area contributed by atoms with Crippen molar-refractivity contribution in [2.75, 3.05) is 18.5 Å². The molecule has 0 fully saturated rings. The molecule has 1 N–H and O–H groups in total. The number of pyridine rings is 1. The Balaban J connectivity index is 2.32. The van der Waals surface area contributed by atoms with E-state index in [1.54, 1.807) is 0 Å². The molecule has 2 heterocycles. The second-order valence-corrected chi connectivity index (χ2v) is 3.83. The lowest BCUT2D eigenvalue weighted by Gasteiger charge is -2.17. The summed E-state index contributed by atoms with van der Waals surface area (Å²) in [6, 6.07) is 4.06. The first-order chi connectivity index (χ1) is 7.85. The fourth-order valence-corrected chi connectivity index (χ4v) is 1.75. The average Bonchev–Trinajstić information content (AvgIpc) is 2.35. The quantitative estimate of drug-likeness (QED) is 0.839. The smallest absolute Gasteiger partial charge is 0.144 e. The van der Waals surface area contributed by atoms with Crippen LogP contribution in [0, 0.1) is 11.3 Å². The van der Waals surface area contributed by atoms with Crippen LogP contribution in [0.4, 0.5) is 5.82 Å². The molecule has 84 valence electrons. The van der Waals surface area contributed by atoms with Gasteiger partial charge in [-0.05, 0) is 12.5 Å². The van der Waals surface area contributed by atoms with E-state index in [4.69, 9.17) is 10.00 Å². The van der Waals surface area contributed by atoms with Gasteiger partial charge in [0.15, 0.2) is 0 Å². The molecule has 0 aliphatic carbocycles. The van der Waals surface area contributed by atoms with Gasteiger partial charge in [0, 0.05) is 18.5 Å². The molecular formula is C12H15N3O. The van der Waals surface area contributed by atoms with Crippen LogP contribution in [-0.2, 0) is 17.8 Å². The summed E-state index contributed by atoms with van der Waals surface area (Å²) in [5.41, 5.74) is 2.71. The molecule has 0 amide bonds. The van der Waals surface area contributed by atoms with Crippen LogP contribution in [0.25, 0.3) is 0 Å². The summed E-state index contributed by atoms with van der Waals surface area (Å²) in [7, 11) is 0. The van der Waals surface area contributed by atoms with Gasteiger partial charge in [0.2, 0.25) is 0 Å². The number of aromatic nitrogens is 1. The topological polar surface area (TPSA) is 57.9 Å². The first-order valence-corrected chi connectivity index (χ1v) is 5.59. The molecule has 1 aliphatic rings. The summed E-state index contributed by atoms with van der Waals surface area (Å²) >= 11 is 0.